The molecule has 2 aromatic rings. The fourth-order valence-corrected chi connectivity index (χ4v) is 1.65. The van der Waals surface area contributed by atoms with Crippen molar-refractivity contribution in [2.75, 3.05) is 6.61 Å². The topological polar surface area (TPSA) is 60.2 Å². The first-order valence-electron chi connectivity index (χ1n) is 6.08. The van der Waals surface area contributed by atoms with Gasteiger partial charge in [-0.1, -0.05) is 18.2 Å². The lowest BCUT2D eigenvalue weighted by molar-refractivity contribution is 0.169. The molecule has 96 valence electrons. The minimum absolute atomic E-state index is 0.561. The van der Waals surface area contributed by atoms with Crippen molar-refractivity contribution in [3.63, 3.8) is 0 Å². The molecule has 0 bridgehead atoms. The third kappa shape index (κ3) is 2.68. The Hall–Kier alpha value is -1.88. The lowest BCUT2D eigenvalue weighted by Crippen LogP contribution is -1.97. The van der Waals surface area contributed by atoms with Gasteiger partial charge in [0, 0.05) is 6.07 Å². The molecule has 5 heteroatoms. The van der Waals surface area contributed by atoms with Gasteiger partial charge in [0.05, 0.1) is 24.6 Å². The molecule has 1 aromatic heterocycles. The minimum atomic E-state index is -0.561. The van der Waals surface area contributed by atoms with E-state index < -0.39 is 6.10 Å². The number of nitrogens with zero attached hydrogens (tertiary/aromatic N) is 3. The molecule has 0 radical (unpaired) electrons. The number of aromatic nitrogens is 3. The van der Waals surface area contributed by atoms with Crippen LogP contribution in [0.3, 0.4) is 0 Å². The molecule has 1 heterocycles. The van der Waals surface area contributed by atoms with E-state index in [-0.39, 0.29) is 0 Å². The van der Waals surface area contributed by atoms with Crippen LogP contribution >= 0.6 is 0 Å². The third-order valence-corrected chi connectivity index (χ3v) is 2.63. The summed E-state index contributed by atoms with van der Waals surface area (Å²) in [6.45, 7) is 4.47. The number of rotatable bonds is 5. The summed E-state index contributed by atoms with van der Waals surface area (Å²) in [6.07, 6.45) is 1.80. The standard InChI is InChI=1S/C13H17N3O2/c1-3-13(17)12-9-16(15-14-12)10-6-5-7-11(8-10)18-4-2/h5-9,13,17H,3-4H2,1-2H3. The van der Waals surface area contributed by atoms with Crippen LogP contribution in [-0.2, 0) is 0 Å². The number of benzene rings is 1. The highest BCUT2D eigenvalue weighted by Crippen LogP contribution is 2.18. The highest BCUT2D eigenvalue weighted by Gasteiger charge is 2.10. The van der Waals surface area contributed by atoms with E-state index in [0.29, 0.717) is 18.7 Å². The molecule has 18 heavy (non-hydrogen) atoms. The number of aliphatic hydroxyl groups excluding tert-OH is 1. The van der Waals surface area contributed by atoms with E-state index >= 15 is 0 Å². The minimum Gasteiger partial charge on any atom is -0.494 e. The summed E-state index contributed by atoms with van der Waals surface area (Å²) < 4.78 is 7.07. The Morgan fingerprint density at radius 3 is 2.94 bits per heavy atom. The van der Waals surface area contributed by atoms with Gasteiger partial charge in [0.1, 0.15) is 11.4 Å². The molecule has 0 aliphatic carbocycles. The largest absolute Gasteiger partial charge is 0.494 e. The molecule has 0 aliphatic rings. The lowest BCUT2D eigenvalue weighted by atomic mass is 10.2. The summed E-state index contributed by atoms with van der Waals surface area (Å²) in [7, 11) is 0. The Balaban J connectivity index is 2.25. The summed E-state index contributed by atoms with van der Waals surface area (Å²) >= 11 is 0. The van der Waals surface area contributed by atoms with E-state index in [1.54, 1.807) is 10.9 Å². The summed E-state index contributed by atoms with van der Waals surface area (Å²) in [5.41, 5.74) is 1.45. The predicted octanol–water partition coefficient (Wildman–Crippen LogP) is 2.11. The highest BCUT2D eigenvalue weighted by molar-refractivity contribution is 5.38. The van der Waals surface area contributed by atoms with Crippen LogP contribution in [0.15, 0.2) is 30.5 Å². The number of hydrogen-bond donors (Lipinski definition) is 1. The zero-order valence-electron chi connectivity index (χ0n) is 10.6. The van der Waals surface area contributed by atoms with Gasteiger partial charge in [-0.3, -0.25) is 0 Å². The maximum Gasteiger partial charge on any atom is 0.121 e. The lowest BCUT2D eigenvalue weighted by Gasteiger charge is -2.05. The van der Waals surface area contributed by atoms with Crippen LogP contribution in [0.2, 0.25) is 0 Å². The number of hydrogen-bond acceptors (Lipinski definition) is 4. The quantitative estimate of drug-likeness (QED) is 0.879. The summed E-state index contributed by atoms with van der Waals surface area (Å²) in [5, 5.41) is 17.7. The Kier molecular flexibility index (Phi) is 3.94. The van der Waals surface area contributed by atoms with Crippen molar-refractivity contribution in [1.82, 2.24) is 15.0 Å². The third-order valence-electron chi connectivity index (χ3n) is 2.63. The van der Waals surface area contributed by atoms with Gasteiger partial charge in [0.15, 0.2) is 0 Å². The normalized spacial score (nSPS) is 12.4. The van der Waals surface area contributed by atoms with E-state index in [2.05, 4.69) is 10.3 Å². The van der Waals surface area contributed by atoms with Gasteiger partial charge >= 0.3 is 0 Å². The highest BCUT2D eigenvalue weighted by atomic mass is 16.5. The second-order valence-corrected chi connectivity index (χ2v) is 3.94. The summed E-state index contributed by atoms with van der Waals surface area (Å²) in [4.78, 5) is 0. The van der Waals surface area contributed by atoms with Gasteiger partial charge in [-0.15, -0.1) is 5.10 Å². The van der Waals surface area contributed by atoms with Crippen LogP contribution in [-0.4, -0.2) is 26.7 Å². The maximum absolute atomic E-state index is 9.69. The molecule has 1 aromatic carbocycles. The van der Waals surface area contributed by atoms with Crippen molar-refractivity contribution in [1.29, 1.82) is 0 Å². The van der Waals surface area contributed by atoms with Crippen molar-refractivity contribution >= 4 is 0 Å². The van der Waals surface area contributed by atoms with Crippen molar-refractivity contribution in [2.24, 2.45) is 0 Å². The second kappa shape index (κ2) is 5.64. The van der Waals surface area contributed by atoms with Crippen molar-refractivity contribution in [3.05, 3.63) is 36.2 Å². The van der Waals surface area contributed by atoms with Crippen LogP contribution in [0.4, 0.5) is 0 Å². The molecule has 0 aliphatic heterocycles. The molecule has 2 rings (SSSR count). The van der Waals surface area contributed by atoms with Crippen LogP contribution in [0.5, 0.6) is 5.75 Å². The Morgan fingerprint density at radius 2 is 2.22 bits per heavy atom. The first-order chi connectivity index (χ1) is 8.74. The Bertz CT molecular complexity index is 510. The van der Waals surface area contributed by atoms with Crippen LogP contribution in [0.25, 0.3) is 5.69 Å². The molecule has 5 nitrogen and oxygen atoms in total. The predicted molar refractivity (Wildman–Crippen MR) is 67.8 cm³/mol. The Morgan fingerprint density at radius 1 is 1.39 bits per heavy atom. The summed E-state index contributed by atoms with van der Waals surface area (Å²) in [6, 6.07) is 7.60. The van der Waals surface area contributed by atoms with Gasteiger partial charge in [0.2, 0.25) is 0 Å². The smallest absolute Gasteiger partial charge is 0.121 e. The molecular weight excluding hydrogens is 230 g/mol. The SMILES string of the molecule is CCOc1cccc(-n2cc(C(O)CC)nn2)c1. The van der Waals surface area contributed by atoms with Gasteiger partial charge in [-0.05, 0) is 25.5 Å². The average Bonchev–Trinajstić information content (AvgIpc) is 2.88. The van der Waals surface area contributed by atoms with Crippen LogP contribution < -0.4 is 4.74 Å². The molecule has 0 saturated carbocycles. The van der Waals surface area contributed by atoms with E-state index in [1.165, 1.54) is 0 Å². The molecule has 0 spiro atoms. The number of ether oxygens (including phenoxy) is 1. The molecule has 0 fully saturated rings. The fourth-order valence-electron chi connectivity index (χ4n) is 1.65. The molecule has 1 unspecified atom stereocenters. The zero-order valence-corrected chi connectivity index (χ0v) is 10.6. The van der Waals surface area contributed by atoms with Crippen molar-refractivity contribution < 1.29 is 9.84 Å². The monoisotopic (exact) mass is 247 g/mol. The molecule has 1 atom stereocenters. The summed E-state index contributed by atoms with van der Waals surface area (Å²) in [5.74, 6) is 0.795. The van der Waals surface area contributed by atoms with Gasteiger partial charge in [-0.2, -0.15) is 0 Å². The fraction of sp³-hybridized carbons (Fsp3) is 0.385. The Labute approximate surface area is 106 Å². The second-order valence-electron chi connectivity index (χ2n) is 3.94. The van der Waals surface area contributed by atoms with Crippen LogP contribution in [0, 0.1) is 0 Å². The zero-order chi connectivity index (χ0) is 13.0. The van der Waals surface area contributed by atoms with Crippen molar-refractivity contribution in [3.8, 4) is 11.4 Å². The van der Waals surface area contributed by atoms with E-state index in [0.717, 1.165) is 11.4 Å². The first-order valence-corrected chi connectivity index (χ1v) is 6.08. The van der Waals surface area contributed by atoms with Gasteiger partial charge in [-0.25, -0.2) is 4.68 Å². The maximum atomic E-state index is 9.69. The van der Waals surface area contributed by atoms with Gasteiger partial charge < -0.3 is 9.84 Å². The van der Waals surface area contributed by atoms with E-state index in [1.807, 2.05) is 38.1 Å². The number of aliphatic hydroxyl groups is 1. The van der Waals surface area contributed by atoms with E-state index in [9.17, 15) is 5.11 Å². The van der Waals surface area contributed by atoms with Gasteiger partial charge in [0.25, 0.3) is 0 Å². The first kappa shape index (κ1) is 12.6. The molecule has 0 saturated heterocycles. The molecule has 0 amide bonds. The molecular formula is C13H17N3O2. The average molecular weight is 247 g/mol. The van der Waals surface area contributed by atoms with Crippen molar-refractivity contribution in [2.45, 2.75) is 26.4 Å². The van der Waals surface area contributed by atoms with Crippen LogP contribution in [0.1, 0.15) is 32.1 Å². The van der Waals surface area contributed by atoms with E-state index in [4.69, 9.17) is 4.74 Å². The molecule has 1 N–H and O–H groups in total.